The van der Waals surface area contributed by atoms with Crippen molar-refractivity contribution in [2.75, 3.05) is 0 Å². The van der Waals surface area contributed by atoms with Gasteiger partial charge in [0.2, 0.25) is 6.33 Å². The molecule has 0 radical (unpaired) electrons. The lowest BCUT2D eigenvalue weighted by atomic mass is 10.1. The largest absolute Gasteiger partial charge is 1.00 e. The van der Waals surface area contributed by atoms with Gasteiger partial charge in [0, 0.05) is 15.4 Å². The summed E-state index contributed by atoms with van der Waals surface area (Å²) in [7, 11) is 0. The molecule has 4 rings (SSSR count). The Hall–Kier alpha value is -2.43. The molecule has 4 nitrogen and oxygen atoms in total. The maximum absolute atomic E-state index is 9.02. The molecule has 0 amide bonds. The quantitative estimate of drug-likeness (QED) is 0.276. The predicted octanol–water partition coefficient (Wildman–Crippen LogP) is 3.38. The number of ether oxygens (including phenoxy) is 1. The minimum atomic E-state index is -0.141. The summed E-state index contributed by atoms with van der Waals surface area (Å²) in [6.45, 7) is 2.08. The number of nitrogens with zero attached hydrogens (tertiary/aromatic N) is 3. The molecule has 174 valence electrons. The lowest BCUT2D eigenvalue weighted by molar-refractivity contribution is -0.705. The van der Waals surface area contributed by atoms with E-state index in [2.05, 4.69) is 96.1 Å². The molecule has 1 atom stereocenters. The molecule has 0 aliphatic rings. The summed E-state index contributed by atoms with van der Waals surface area (Å²) in [5.41, 5.74) is 4.12. The van der Waals surface area contributed by atoms with Crippen molar-refractivity contribution >= 4 is 31.9 Å². The molecule has 0 saturated heterocycles. The number of rotatable bonds is 9. The maximum Gasteiger partial charge on any atom is 0.243 e. The van der Waals surface area contributed by atoms with Gasteiger partial charge < -0.3 is 17.1 Å². The van der Waals surface area contributed by atoms with Crippen LogP contribution in [-0.2, 0) is 30.9 Å². The molecule has 4 aromatic rings. The van der Waals surface area contributed by atoms with Gasteiger partial charge in [-0.3, -0.25) is 0 Å². The van der Waals surface area contributed by atoms with E-state index in [4.69, 9.17) is 10.00 Å². The summed E-state index contributed by atoms with van der Waals surface area (Å²) in [4.78, 5) is 0. The zero-order valence-corrected chi connectivity index (χ0v) is 22.4. The molecule has 0 fully saturated rings. The van der Waals surface area contributed by atoms with Gasteiger partial charge in [-0.25, -0.2) is 9.13 Å². The molecule has 3 aromatic carbocycles. The van der Waals surface area contributed by atoms with E-state index in [9.17, 15) is 0 Å². The topological polar surface area (TPSA) is 41.8 Å². The standard InChI is InChI=1S/C27H24Br2N3O.ClH/c28-24-10-11-25(26(29)16-24)27(33-19-23-8-6-22(17-30)7-9-23)18-32-15-14-31(20-32)13-12-21-4-2-1-3-5-21;/h1-11,14-16,20,27H,12-13,18-19H2;1H/q+1;/p-1. The van der Waals surface area contributed by atoms with E-state index >= 15 is 0 Å². The summed E-state index contributed by atoms with van der Waals surface area (Å²) in [5, 5.41) is 9.02. The average Bonchev–Trinajstić information content (AvgIpc) is 3.29. The first-order chi connectivity index (χ1) is 16.1. The van der Waals surface area contributed by atoms with Crippen LogP contribution in [0.4, 0.5) is 0 Å². The summed E-state index contributed by atoms with van der Waals surface area (Å²) in [6.07, 6.45) is 7.19. The highest BCUT2D eigenvalue weighted by Crippen LogP contribution is 2.30. The van der Waals surface area contributed by atoms with Crippen molar-refractivity contribution in [2.24, 2.45) is 0 Å². The number of benzene rings is 3. The highest BCUT2D eigenvalue weighted by molar-refractivity contribution is 9.11. The molecule has 1 heterocycles. The third kappa shape index (κ3) is 7.28. The lowest BCUT2D eigenvalue weighted by Crippen LogP contribution is -3.00. The fourth-order valence-electron chi connectivity index (χ4n) is 3.65. The van der Waals surface area contributed by atoms with Gasteiger partial charge in [0.1, 0.15) is 25.0 Å². The van der Waals surface area contributed by atoms with Gasteiger partial charge in [0.05, 0.1) is 24.8 Å². The average molecular weight is 602 g/mol. The molecule has 0 aliphatic carbocycles. The molecule has 1 aromatic heterocycles. The monoisotopic (exact) mass is 599 g/mol. The summed E-state index contributed by atoms with van der Waals surface area (Å²) in [5.74, 6) is 0. The summed E-state index contributed by atoms with van der Waals surface area (Å²) < 4.78 is 12.8. The van der Waals surface area contributed by atoms with Gasteiger partial charge in [-0.1, -0.05) is 80.4 Å². The van der Waals surface area contributed by atoms with Gasteiger partial charge in [0.15, 0.2) is 0 Å². The van der Waals surface area contributed by atoms with E-state index in [-0.39, 0.29) is 18.5 Å². The van der Waals surface area contributed by atoms with E-state index in [1.165, 1.54) is 5.56 Å². The number of aryl methyl sites for hydroxylation is 2. The minimum Gasteiger partial charge on any atom is -1.00 e. The smallest absolute Gasteiger partial charge is 0.243 e. The number of hydrogen-bond acceptors (Lipinski definition) is 2. The number of halogens is 3. The zero-order valence-electron chi connectivity index (χ0n) is 18.4. The molecular formula is C27H24Br2ClN3O. The Morgan fingerprint density at radius 3 is 2.44 bits per heavy atom. The van der Waals surface area contributed by atoms with Crippen LogP contribution in [-0.4, -0.2) is 4.57 Å². The second kappa shape index (κ2) is 12.9. The van der Waals surface area contributed by atoms with E-state index < -0.39 is 0 Å². The van der Waals surface area contributed by atoms with Gasteiger partial charge >= 0.3 is 0 Å². The van der Waals surface area contributed by atoms with Crippen LogP contribution in [0.25, 0.3) is 0 Å². The van der Waals surface area contributed by atoms with Gasteiger partial charge in [-0.05, 0) is 41.0 Å². The third-order valence-corrected chi connectivity index (χ3v) is 6.65. The van der Waals surface area contributed by atoms with E-state index in [0.29, 0.717) is 18.7 Å². The van der Waals surface area contributed by atoms with Crippen molar-refractivity contribution in [3.05, 3.63) is 123 Å². The van der Waals surface area contributed by atoms with E-state index in [1.54, 1.807) is 0 Å². The van der Waals surface area contributed by atoms with Crippen LogP contribution in [0.15, 0.2) is 100 Å². The zero-order chi connectivity index (χ0) is 23.0. The molecule has 0 spiro atoms. The number of aromatic nitrogens is 2. The summed E-state index contributed by atoms with van der Waals surface area (Å²) in [6, 6.07) is 26.4. The fourth-order valence-corrected chi connectivity index (χ4v) is 4.95. The van der Waals surface area contributed by atoms with Crippen molar-refractivity contribution in [3.8, 4) is 6.07 Å². The molecule has 7 heteroatoms. The van der Waals surface area contributed by atoms with Crippen molar-refractivity contribution in [3.63, 3.8) is 0 Å². The maximum atomic E-state index is 9.02. The first-order valence-corrected chi connectivity index (χ1v) is 12.3. The Morgan fingerprint density at radius 1 is 0.971 bits per heavy atom. The third-order valence-electron chi connectivity index (χ3n) is 5.47. The Kier molecular flexibility index (Phi) is 9.91. The molecule has 34 heavy (non-hydrogen) atoms. The van der Waals surface area contributed by atoms with Gasteiger partial charge in [-0.2, -0.15) is 5.26 Å². The first-order valence-electron chi connectivity index (χ1n) is 10.7. The normalized spacial score (nSPS) is 11.4. The SMILES string of the molecule is N#Cc1ccc(COC(C[n+]2ccn(CCc3ccccc3)c2)c2ccc(Br)cc2Br)cc1.[Cl-]. The highest BCUT2D eigenvalue weighted by atomic mass is 79.9. The lowest BCUT2D eigenvalue weighted by Gasteiger charge is -2.18. The molecule has 1 unspecified atom stereocenters. The van der Waals surface area contributed by atoms with E-state index in [0.717, 1.165) is 33.0 Å². The number of nitriles is 1. The minimum absolute atomic E-state index is 0. The van der Waals surface area contributed by atoms with Crippen LogP contribution < -0.4 is 17.0 Å². The molecule has 0 saturated carbocycles. The van der Waals surface area contributed by atoms with Crippen LogP contribution in [0.5, 0.6) is 0 Å². The predicted molar refractivity (Wildman–Crippen MR) is 135 cm³/mol. The second-order valence-corrected chi connectivity index (χ2v) is 9.63. The van der Waals surface area contributed by atoms with Gasteiger partial charge in [0.25, 0.3) is 0 Å². The Balaban J connectivity index is 0.00000324. The molecule has 0 N–H and O–H groups in total. The molecular weight excluding hydrogens is 578 g/mol. The van der Waals surface area contributed by atoms with Crippen LogP contribution in [0.3, 0.4) is 0 Å². The van der Waals surface area contributed by atoms with Crippen molar-refractivity contribution in [1.29, 1.82) is 5.26 Å². The van der Waals surface area contributed by atoms with Crippen LogP contribution in [0, 0.1) is 11.3 Å². The Morgan fingerprint density at radius 2 is 1.74 bits per heavy atom. The Bertz CT molecular complexity index is 1240. The first kappa shape index (κ1) is 26.2. The summed E-state index contributed by atoms with van der Waals surface area (Å²) >= 11 is 7.24. The molecule has 0 aliphatic heterocycles. The highest BCUT2D eigenvalue weighted by Gasteiger charge is 2.20. The van der Waals surface area contributed by atoms with Gasteiger partial charge in [-0.15, -0.1) is 0 Å². The van der Waals surface area contributed by atoms with Crippen molar-refractivity contribution in [2.45, 2.75) is 32.2 Å². The number of hydrogen-bond donors (Lipinski definition) is 0. The second-order valence-electron chi connectivity index (χ2n) is 7.86. The fraction of sp³-hybridized carbons (Fsp3) is 0.185. The van der Waals surface area contributed by atoms with E-state index in [1.807, 2.05) is 42.5 Å². The van der Waals surface area contributed by atoms with Crippen molar-refractivity contribution < 1.29 is 21.7 Å². The van der Waals surface area contributed by atoms with Crippen LogP contribution in [0.2, 0.25) is 0 Å². The molecule has 0 bridgehead atoms. The van der Waals surface area contributed by atoms with Crippen LogP contribution in [0.1, 0.15) is 28.4 Å². The van der Waals surface area contributed by atoms with Crippen molar-refractivity contribution in [1.82, 2.24) is 4.57 Å². The Labute approximate surface area is 223 Å². The number of imidazole rings is 1. The van der Waals surface area contributed by atoms with Crippen LogP contribution >= 0.6 is 31.9 Å².